The first-order chi connectivity index (χ1) is 14.6. The second-order valence-electron chi connectivity index (χ2n) is 6.70. The van der Waals surface area contributed by atoms with E-state index in [1.807, 2.05) is 28.8 Å². The van der Waals surface area contributed by atoms with Crippen molar-refractivity contribution >= 4 is 29.3 Å². The monoisotopic (exact) mass is 430 g/mol. The molecule has 1 N–H and O–H groups in total. The smallest absolute Gasteiger partial charge is 0.259 e. The highest BCUT2D eigenvalue weighted by Gasteiger charge is 2.21. The van der Waals surface area contributed by atoms with E-state index in [0.29, 0.717) is 34.9 Å². The van der Waals surface area contributed by atoms with Crippen molar-refractivity contribution < 1.29 is 23.8 Å². The summed E-state index contributed by atoms with van der Waals surface area (Å²) >= 11 is 1.88. The molecule has 0 aliphatic carbocycles. The van der Waals surface area contributed by atoms with Crippen LogP contribution in [0.5, 0.6) is 17.2 Å². The molecule has 8 heteroatoms. The van der Waals surface area contributed by atoms with Crippen LogP contribution in [0.3, 0.4) is 0 Å². The molecular weight excluding hydrogens is 404 g/mol. The molecule has 2 aromatic carbocycles. The van der Waals surface area contributed by atoms with Gasteiger partial charge in [0.2, 0.25) is 11.7 Å². The maximum Gasteiger partial charge on any atom is 0.259 e. The van der Waals surface area contributed by atoms with E-state index in [2.05, 4.69) is 5.32 Å². The first-order valence-electron chi connectivity index (χ1n) is 9.62. The summed E-state index contributed by atoms with van der Waals surface area (Å²) in [6, 6.07) is 10.6. The molecule has 0 radical (unpaired) electrons. The summed E-state index contributed by atoms with van der Waals surface area (Å²) in [5.41, 5.74) is 1.87. The van der Waals surface area contributed by atoms with Crippen LogP contribution in [0.2, 0.25) is 0 Å². The van der Waals surface area contributed by atoms with Crippen LogP contribution in [0.15, 0.2) is 36.4 Å². The van der Waals surface area contributed by atoms with E-state index in [-0.39, 0.29) is 11.8 Å². The molecule has 1 fully saturated rings. The van der Waals surface area contributed by atoms with Crippen LogP contribution >= 0.6 is 11.8 Å². The largest absolute Gasteiger partial charge is 0.493 e. The molecule has 7 nitrogen and oxygen atoms in total. The number of nitrogens with one attached hydrogen (secondary N) is 1. The Morgan fingerprint density at radius 2 is 1.60 bits per heavy atom. The van der Waals surface area contributed by atoms with E-state index in [9.17, 15) is 9.59 Å². The zero-order chi connectivity index (χ0) is 21.5. The Morgan fingerprint density at radius 3 is 2.20 bits per heavy atom. The quantitative estimate of drug-likeness (QED) is 0.728. The fourth-order valence-electron chi connectivity index (χ4n) is 3.28. The van der Waals surface area contributed by atoms with Crippen LogP contribution in [0.4, 0.5) is 5.69 Å². The van der Waals surface area contributed by atoms with Gasteiger partial charge in [-0.3, -0.25) is 9.59 Å². The van der Waals surface area contributed by atoms with Crippen LogP contribution in [0.1, 0.15) is 15.9 Å². The van der Waals surface area contributed by atoms with Crippen molar-refractivity contribution in [3.05, 3.63) is 47.5 Å². The van der Waals surface area contributed by atoms with Gasteiger partial charge in [0.15, 0.2) is 11.5 Å². The van der Waals surface area contributed by atoms with Crippen LogP contribution < -0.4 is 19.5 Å². The van der Waals surface area contributed by atoms with Gasteiger partial charge in [-0.05, 0) is 29.8 Å². The maximum atomic E-state index is 12.8. The number of nitrogens with zero attached hydrogens (tertiary/aromatic N) is 1. The highest BCUT2D eigenvalue weighted by molar-refractivity contribution is 7.99. The Bertz CT molecular complexity index is 895. The predicted octanol–water partition coefficient (Wildman–Crippen LogP) is 3.08. The number of methoxy groups -OCH3 is 3. The molecule has 0 spiro atoms. The van der Waals surface area contributed by atoms with Crippen molar-refractivity contribution in [2.24, 2.45) is 0 Å². The zero-order valence-corrected chi connectivity index (χ0v) is 18.2. The summed E-state index contributed by atoms with van der Waals surface area (Å²) in [5.74, 6) is 2.94. The number of ether oxygens (including phenoxy) is 3. The molecule has 0 bridgehead atoms. The molecule has 3 rings (SSSR count). The predicted molar refractivity (Wildman–Crippen MR) is 118 cm³/mol. The highest BCUT2D eigenvalue weighted by atomic mass is 32.2. The fourth-order valence-corrected chi connectivity index (χ4v) is 4.19. The molecule has 1 saturated heterocycles. The Kier molecular flexibility index (Phi) is 7.46. The minimum Gasteiger partial charge on any atom is -0.493 e. The lowest BCUT2D eigenvalue weighted by Crippen LogP contribution is -2.38. The van der Waals surface area contributed by atoms with E-state index in [1.165, 1.54) is 21.3 Å². The second kappa shape index (κ2) is 10.2. The van der Waals surface area contributed by atoms with Crippen LogP contribution in [0.25, 0.3) is 0 Å². The molecule has 0 saturated carbocycles. The lowest BCUT2D eigenvalue weighted by molar-refractivity contribution is -0.130. The molecule has 30 heavy (non-hydrogen) atoms. The summed E-state index contributed by atoms with van der Waals surface area (Å²) in [5, 5.41) is 2.85. The summed E-state index contributed by atoms with van der Waals surface area (Å²) in [6.45, 7) is 1.62. The van der Waals surface area contributed by atoms with Crippen molar-refractivity contribution in [1.29, 1.82) is 0 Å². The third-order valence-corrected chi connectivity index (χ3v) is 5.82. The van der Waals surface area contributed by atoms with Crippen LogP contribution in [-0.4, -0.2) is 62.6 Å². The minimum atomic E-state index is -0.331. The Hall–Kier alpha value is -2.87. The lowest BCUT2D eigenvalue weighted by Gasteiger charge is -2.26. The lowest BCUT2D eigenvalue weighted by atomic mass is 10.1. The molecule has 0 unspecified atom stereocenters. The standard InChI is InChI=1S/C22H26N2O5S/c1-27-18-9-8-17(20(28-2)21(18)29-3)22(26)23-16-6-4-15(5-7-16)14-19(25)24-10-12-30-13-11-24/h4-9H,10-14H2,1-3H3,(H,23,26). The fraction of sp³-hybridized carbons (Fsp3) is 0.364. The van der Waals surface area contributed by atoms with Gasteiger partial charge in [0.05, 0.1) is 33.3 Å². The Labute approximate surface area is 180 Å². The molecule has 0 atom stereocenters. The van der Waals surface area contributed by atoms with E-state index in [0.717, 1.165) is 30.2 Å². The molecule has 2 aromatic rings. The van der Waals surface area contributed by atoms with Crippen molar-refractivity contribution in [3.8, 4) is 17.2 Å². The Morgan fingerprint density at radius 1 is 0.933 bits per heavy atom. The molecular formula is C22H26N2O5S. The summed E-state index contributed by atoms with van der Waals surface area (Å²) in [6.07, 6.45) is 0.363. The van der Waals surface area contributed by atoms with Gasteiger partial charge in [0.1, 0.15) is 0 Å². The number of hydrogen-bond donors (Lipinski definition) is 1. The summed E-state index contributed by atoms with van der Waals surface area (Å²) in [7, 11) is 4.49. The van der Waals surface area contributed by atoms with Gasteiger partial charge in [0.25, 0.3) is 5.91 Å². The van der Waals surface area contributed by atoms with Gasteiger partial charge in [-0.25, -0.2) is 0 Å². The zero-order valence-electron chi connectivity index (χ0n) is 17.4. The molecule has 1 aliphatic heterocycles. The van der Waals surface area contributed by atoms with Crippen molar-refractivity contribution in [1.82, 2.24) is 4.90 Å². The van der Waals surface area contributed by atoms with Gasteiger partial charge in [-0.2, -0.15) is 11.8 Å². The van der Waals surface area contributed by atoms with Crippen molar-refractivity contribution in [2.75, 3.05) is 51.2 Å². The van der Waals surface area contributed by atoms with E-state index < -0.39 is 0 Å². The molecule has 2 amide bonds. The highest BCUT2D eigenvalue weighted by Crippen LogP contribution is 2.39. The number of rotatable bonds is 7. The molecule has 0 aromatic heterocycles. The average molecular weight is 431 g/mol. The van der Waals surface area contributed by atoms with Gasteiger partial charge in [-0.15, -0.1) is 0 Å². The number of thioether (sulfide) groups is 1. The van der Waals surface area contributed by atoms with Gasteiger partial charge >= 0.3 is 0 Å². The van der Waals surface area contributed by atoms with Gasteiger partial charge in [-0.1, -0.05) is 12.1 Å². The normalized spacial score (nSPS) is 13.5. The number of anilines is 1. The van der Waals surface area contributed by atoms with Crippen molar-refractivity contribution in [2.45, 2.75) is 6.42 Å². The summed E-state index contributed by atoms with van der Waals surface area (Å²) in [4.78, 5) is 27.1. The van der Waals surface area contributed by atoms with E-state index in [4.69, 9.17) is 14.2 Å². The maximum absolute atomic E-state index is 12.8. The van der Waals surface area contributed by atoms with Crippen LogP contribution in [0, 0.1) is 0 Å². The number of hydrogen-bond acceptors (Lipinski definition) is 6. The van der Waals surface area contributed by atoms with Gasteiger partial charge in [0, 0.05) is 30.3 Å². The number of carbonyl (C=O) groups is 2. The van der Waals surface area contributed by atoms with Crippen molar-refractivity contribution in [3.63, 3.8) is 0 Å². The minimum absolute atomic E-state index is 0.141. The number of amides is 2. The second-order valence-corrected chi connectivity index (χ2v) is 7.93. The average Bonchev–Trinajstić information content (AvgIpc) is 2.79. The number of carbonyl (C=O) groups excluding carboxylic acids is 2. The number of benzene rings is 2. The van der Waals surface area contributed by atoms with E-state index in [1.54, 1.807) is 24.3 Å². The Balaban J connectivity index is 1.68. The third kappa shape index (κ3) is 4.99. The topological polar surface area (TPSA) is 77.1 Å². The SMILES string of the molecule is COc1ccc(C(=O)Nc2ccc(CC(=O)N3CCSCC3)cc2)c(OC)c1OC. The van der Waals surface area contributed by atoms with Gasteiger partial charge < -0.3 is 24.4 Å². The molecule has 1 heterocycles. The van der Waals surface area contributed by atoms with Crippen LogP contribution in [-0.2, 0) is 11.2 Å². The first-order valence-corrected chi connectivity index (χ1v) is 10.8. The third-order valence-electron chi connectivity index (χ3n) is 4.88. The first kappa shape index (κ1) is 21.8. The molecule has 160 valence electrons. The molecule has 1 aliphatic rings. The van der Waals surface area contributed by atoms with E-state index >= 15 is 0 Å². The summed E-state index contributed by atoms with van der Waals surface area (Å²) < 4.78 is 16.0.